The van der Waals surface area contributed by atoms with Crippen molar-refractivity contribution in [2.24, 2.45) is 0 Å². The Labute approximate surface area is 183 Å². The molecular weight excluding hydrogens is 447 g/mol. The molecule has 4 aromatic rings. The van der Waals surface area contributed by atoms with E-state index in [1.54, 1.807) is 24.3 Å². The van der Waals surface area contributed by atoms with Gasteiger partial charge in [-0.2, -0.15) is 18.2 Å². The van der Waals surface area contributed by atoms with Crippen LogP contribution in [-0.4, -0.2) is 16.0 Å². The van der Waals surface area contributed by atoms with Gasteiger partial charge < -0.3 is 9.84 Å². The molecule has 4 rings (SSSR count). The lowest BCUT2D eigenvalue weighted by Gasteiger charge is -2.11. The first-order valence-corrected chi connectivity index (χ1v) is 10.8. The predicted molar refractivity (Wildman–Crippen MR) is 113 cm³/mol. The molecule has 0 aliphatic carbocycles. The Morgan fingerprint density at radius 3 is 2.71 bits per heavy atom. The van der Waals surface area contributed by atoms with Gasteiger partial charge in [-0.25, -0.2) is 0 Å². The minimum absolute atomic E-state index is 0.0756. The van der Waals surface area contributed by atoms with Gasteiger partial charge in [0.1, 0.15) is 0 Å². The number of hydrogen-bond donors (Lipinski definition) is 1. The Morgan fingerprint density at radius 1 is 1.10 bits per heavy atom. The molecule has 0 aliphatic heterocycles. The third kappa shape index (κ3) is 5.15. The second-order valence-electron chi connectivity index (χ2n) is 6.31. The molecule has 2 aromatic heterocycles. The second-order valence-corrected chi connectivity index (χ2v) is 8.28. The van der Waals surface area contributed by atoms with E-state index in [9.17, 15) is 18.0 Å². The highest BCUT2D eigenvalue weighted by molar-refractivity contribution is 7.98. The maximum Gasteiger partial charge on any atom is 0.416 e. The summed E-state index contributed by atoms with van der Waals surface area (Å²) in [5, 5.41) is 8.56. The van der Waals surface area contributed by atoms with Crippen molar-refractivity contribution in [1.29, 1.82) is 0 Å². The molecule has 0 fully saturated rings. The minimum Gasteiger partial charge on any atom is -0.333 e. The summed E-state index contributed by atoms with van der Waals surface area (Å²) in [6, 6.07) is 15.1. The van der Waals surface area contributed by atoms with Crippen LogP contribution in [0.15, 0.2) is 75.5 Å². The van der Waals surface area contributed by atoms with E-state index in [-0.39, 0.29) is 5.56 Å². The lowest BCUT2D eigenvalue weighted by molar-refractivity contribution is -0.137. The van der Waals surface area contributed by atoms with E-state index in [0.29, 0.717) is 23.2 Å². The maximum absolute atomic E-state index is 12.9. The van der Waals surface area contributed by atoms with Crippen LogP contribution in [0.1, 0.15) is 21.7 Å². The number of nitrogens with one attached hydrogen (secondary N) is 1. The van der Waals surface area contributed by atoms with E-state index in [0.717, 1.165) is 21.9 Å². The monoisotopic (exact) mass is 461 g/mol. The van der Waals surface area contributed by atoms with Crippen LogP contribution in [0.25, 0.3) is 10.8 Å². The van der Waals surface area contributed by atoms with E-state index in [2.05, 4.69) is 15.5 Å². The Bertz CT molecular complexity index is 1190. The average Bonchev–Trinajstić information content (AvgIpc) is 3.44. The smallest absolute Gasteiger partial charge is 0.333 e. The number of hydrogen-bond acceptors (Lipinski definition) is 6. The lowest BCUT2D eigenvalue weighted by atomic mass is 10.1. The number of para-hydroxylation sites is 1. The fourth-order valence-electron chi connectivity index (χ4n) is 2.68. The molecule has 158 valence electrons. The molecule has 0 bridgehead atoms. The topological polar surface area (TPSA) is 68.0 Å². The average molecular weight is 461 g/mol. The quantitative estimate of drug-likeness (QED) is 0.338. The summed E-state index contributed by atoms with van der Waals surface area (Å²) in [4.78, 5) is 18.5. The second kappa shape index (κ2) is 8.94. The van der Waals surface area contributed by atoms with Crippen LogP contribution in [0.2, 0.25) is 0 Å². The molecule has 10 heteroatoms. The van der Waals surface area contributed by atoms with Gasteiger partial charge in [0, 0.05) is 10.5 Å². The van der Waals surface area contributed by atoms with Crippen molar-refractivity contribution in [3.8, 4) is 10.8 Å². The van der Waals surface area contributed by atoms with Gasteiger partial charge in [-0.05, 0) is 41.8 Å². The van der Waals surface area contributed by atoms with E-state index in [1.165, 1.54) is 35.2 Å². The largest absolute Gasteiger partial charge is 0.416 e. The first-order chi connectivity index (χ1) is 14.9. The van der Waals surface area contributed by atoms with Crippen molar-refractivity contribution in [1.82, 2.24) is 10.1 Å². The Balaban J connectivity index is 1.46. The molecule has 31 heavy (non-hydrogen) atoms. The van der Waals surface area contributed by atoms with Crippen LogP contribution in [0, 0.1) is 0 Å². The Morgan fingerprint density at radius 2 is 1.94 bits per heavy atom. The summed E-state index contributed by atoms with van der Waals surface area (Å²) in [5.41, 5.74) is -0.466. The third-order valence-corrected chi connectivity index (χ3v) is 6.07. The predicted octanol–water partition coefficient (Wildman–Crippen LogP) is 6.36. The molecule has 0 saturated heterocycles. The molecule has 0 saturated carbocycles. The molecule has 2 aromatic carbocycles. The fourth-order valence-corrected chi connectivity index (χ4v) is 4.18. The number of amides is 1. The number of benzene rings is 2. The Hall–Kier alpha value is -3.11. The van der Waals surface area contributed by atoms with Crippen LogP contribution in [0.5, 0.6) is 0 Å². The van der Waals surface area contributed by atoms with Crippen LogP contribution >= 0.6 is 23.1 Å². The van der Waals surface area contributed by atoms with Crippen molar-refractivity contribution >= 4 is 34.7 Å². The third-order valence-electron chi connectivity index (χ3n) is 4.14. The summed E-state index contributed by atoms with van der Waals surface area (Å²) >= 11 is 2.87. The van der Waals surface area contributed by atoms with Crippen molar-refractivity contribution in [3.63, 3.8) is 0 Å². The van der Waals surface area contributed by atoms with E-state index < -0.39 is 17.6 Å². The van der Waals surface area contributed by atoms with Gasteiger partial charge >= 0.3 is 6.18 Å². The van der Waals surface area contributed by atoms with Crippen LogP contribution in [-0.2, 0) is 11.9 Å². The number of carbonyl (C=O) groups excluding carboxylic acids is 1. The molecule has 1 amide bonds. The molecule has 2 heterocycles. The van der Waals surface area contributed by atoms with E-state index in [1.807, 2.05) is 17.5 Å². The standard InChI is InChI=1S/C21H14F3N3O2S2/c22-21(23,24)14-6-3-5-13(11-14)19(28)25-15-7-1-2-8-16(15)31-12-18-26-20(29-27-18)17-9-4-10-30-17/h1-11H,12H2,(H,25,28). The zero-order chi connectivity index (χ0) is 21.8. The Kier molecular flexibility index (Phi) is 6.10. The number of thioether (sulfide) groups is 1. The van der Waals surface area contributed by atoms with Gasteiger partial charge in [-0.3, -0.25) is 4.79 Å². The number of nitrogens with zero attached hydrogens (tertiary/aromatic N) is 2. The van der Waals surface area contributed by atoms with Gasteiger partial charge in [-0.15, -0.1) is 23.1 Å². The van der Waals surface area contributed by atoms with Gasteiger partial charge in [-0.1, -0.05) is 29.4 Å². The molecular formula is C21H14F3N3O2S2. The first kappa shape index (κ1) is 21.1. The summed E-state index contributed by atoms with van der Waals surface area (Å²) < 4.78 is 44.0. The highest BCUT2D eigenvalue weighted by Gasteiger charge is 2.31. The number of thiophene rings is 1. The van der Waals surface area contributed by atoms with Gasteiger partial charge in [0.25, 0.3) is 11.8 Å². The summed E-state index contributed by atoms with van der Waals surface area (Å²) in [5.74, 6) is 0.702. The zero-order valence-electron chi connectivity index (χ0n) is 15.7. The van der Waals surface area contributed by atoms with Crippen LogP contribution in [0.4, 0.5) is 18.9 Å². The number of carbonyl (C=O) groups is 1. The van der Waals surface area contributed by atoms with Crippen molar-refractivity contribution in [2.45, 2.75) is 16.8 Å². The number of rotatable bonds is 6. The SMILES string of the molecule is O=C(Nc1ccccc1SCc1noc(-c2cccs2)n1)c1cccc(C(F)(F)F)c1. The first-order valence-electron chi connectivity index (χ1n) is 8.97. The van der Waals surface area contributed by atoms with Crippen molar-refractivity contribution in [2.75, 3.05) is 5.32 Å². The number of halogens is 3. The van der Waals surface area contributed by atoms with E-state index in [4.69, 9.17) is 4.52 Å². The van der Waals surface area contributed by atoms with Gasteiger partial charge in [0.05, 0.1) is 21.9 Å². The minimum atomic E-state index is -4.52. The maximum atomic E-state index is 12.9. The van der Waals surface area contributed by atoms with Gasteiger partial charge in [0.2, 0.25) is 0 Å². The number of anilines is 1. The zero-order valence-corrected chi connectivity index (χ0v) is 17.4. The molecule has 0 aliphatic rings. The highest BCUT2D eigenvalue weighted by Crippen LogP contribution is 2.32. The number of aromatic nitrogens is 2. The molecule has 1 N–H and O–H groups in total. The summed E-state index contributed by atoms with van der Waals surface area (Å²) in [6.45, 7) is 0. The van der Waals surface area contributed by atoms with E-state index >= 15 is 0 Å². The normalized spacial score (nSPS) is 11.5. The highest BCUT2D eigenvalue weighted by atomic mass is 32.2. The summed E-state index contributed by atoms with van der Waals surface area (Å²) in [7, 11) is 0. The molecule has 0 unspecified atom stereocenters. The van der Waals surface area contributed by atoms with Gasteiger partial charge in [0.15, 0.2) is 5.82 Å². The lowest BCUT2D eigenvalue weighted by Crippen LogP contribution is -2.14. The molecule has 0 spiro atoms. The molecule has 0 radical (unpaired) electrons. The number of alkyl halides is 3. The fraction of sp³-hybridized carbons (Fsp3) is 0.0952. The summed E-state index contributed by atoms with van der Waals surface area (Å²) in [6.07, 6.45) is -4.52. The molecule has 0 atom stereocenters. The van der Waals surface area contributed by atoms with Crippen LogP contribution in [0.3, 0.4) is 0 Å². The molecule has 5 nitrogen and oxygen atoms in total. The van der Waals surface area contributed by atoms with Crippen molar-refractivity contribution < 1.29 is 22.5 Å². The van der Waals surface area contributed by atoms with Crippen LogP contribution < -0.4 is 5.32 Å². The van der Waals surface area contributed by atoms with Crippen molar-refractivity contribution in [3.05, 3.63) is 83.0 Å².